The van der Waals surface area contributed by atoms with E-state index in [9.17, 15) is 0 Å². The Balaban J connectivity index is 2.14. The highest BCUT2D eigenvalue weighted by atomic mass is 14.3. The lowest BCUT2D eigenvalue weighted by molar-refractivity contribution is 0.445. The predicted octanol–water partition coefficient (Wildman–Crippen LogP) is 4.88. The summed E-state index contributed by atoms with van der Waals surface area (Å²) in [6, 6.07) is 0. The average molecular weight is 204 g/mol. The number of fused-ring (bicyclic) bond motifs is 2. The summed E-state index contributed by atoms with van der Waals surface area (Å²) in [5.41, 5.74) is 1.80. The lowest BCUT2D eigenvalue weighted by atomic mass is 9.24. The van der Waals surface area contributed by atoms with Gasteiger partial charge in [-0.2, -0.15) is 0 Å². The highest BCUT2D eigenvalue weighted by molar-refractivity contribution is 6.70. The van der Waals surface area contributed by atoms with Gasteiger partial charge < -0.3 is 0 Å². The molecule has 2 aliphatic rings. The second-order valence-corrected chi connectivity index (χ2v) is 5.45. The van der Waals surface area contributed by atoms with Crippen molar-refractivity contribution in [2.24, 2.45) is 0 Å². The zero-order chi connectivity index (χ0) is 10.7. The van der Waals surface area contributed by atoms with E-state index in [-0.39, 0.29) is 0 Å². The summed E-state index contributed by atoms with van der Waals surface area (Å²) < 4.78 is 0. The molecule has 1 heteroatoms. The van der Waals surface area contributed by atoms with E-state index >= 15 is 0 Å². The third-order valence-electron chi connectivity index (χ3n) is 4.62. The topological polar surface area (TPSA) is 0 Å². The Bertz CT molecular complexity index is 209. The highest BCUT2D eigenvalue weighted by Gasteiger charge is 2.40. The van der Waals surface area contributed by atoms with Gasteiger partial charge in [-0.1, -0.05) is 70.1 Å². The number of hydrogen-bond donors (Lipinski definition) is 0. The van der Waals surface area contributed by atoms with Crippen LogP contribution in [0.1, 0.15) is 65.2 Å². The first-order valence-corrected chi connectivity index (χ1v) is 7.05. The first-order chi connectivity index (χ1) is 7.36. The molecule has 0 aliphatic carbocycles. The molecule has 2 saturated heterocycles. The fourth-order valence-corrected chi connectivity index (χ4v) is 4.06. The van der Waals surface area contributed by atoms with Crippen molar-refractivity contribution < 1.29 is 0 Å². The zero-order valence-corrected chi connectivity index (χ0v) is 10.5. The van der Waals surface area contributed by atoms with Gasteiger partial charge in [-0.05, 0) is 12.8 Å². The molecule has 2 bridgehead atoms. The molecular formula is C14H25B. The molecular weight excluding hydrogens is 179 g/mol. The van der Waals surface area contributed by atoms with Crippen LogP contribution in [-0.2, 0) is 0 Å². The molecule has 0 aromatic rings. The fraction of sp³-hybridized carbons (Fsp3) is 0.857. The molecule has 15 heavy (non-hydrogen) atoms. The largest absolute Gasteiger partial charge is 0.176 e. The van der Waals surface area contributed by atoms with Crippen LogP contribution in [0, 0.1) is 0 Å². The Hall–Kier alpha value is -0.195. The van der Waals surface area contributed by atoms with Crippen LogP contribution in [0.5, 0.6) is 0 Å². The van der Waals surface area contributed by atoms with Gasteiger partial charge in [0, 0.05) is 0 Å². The van der Waals surface area contributed by atoms with Gasteiger partial charge in [0.05, 0.1) is 0 Å². The summed E-state index contributed by atoms with van der Waals surface area (Å²) >= 11 is 0. The number of hydrogen-bond acceptors (Lipinski definition) is 0. The van der Waals surface area contributed by atoms with E-state index in [1.807, 2.05) is 0 Å². The Morgan fingerprint density at radius 3 is 2.00 bits per heavy atom. The molecule has 0 atom stereocenters. The maximum atomic E-state index is 2.53. The molecule has 2 fully saturated rings. The van der Waals surface area contributed by atoms with Crippen molar-refractivity contribution in [1.82, 2.24) is 0 Å². The van der Waals surface area contributed by atoms with Gasteiger partial charge in [0.15, 0.2) is 6.71 Å². The molecule has 0 radical (unpaired) electrons. The zero-order valence-electron chi connectivity index (χ0n) is 10.5. The van der Waals surface area contributed by atoms with E-state index in [0.717, 1.165) is 18.3 Å². The van der Waals surface area contributed by atoms with Crippen LogP contribution in [0.4, 0.5) is 0 Å². The Morgan fingerprint density at radius 2 is 1.60 bits per heavy atom. The summed E-state index contributed by atoms with van der Waals surface area (Å²) in [6.07, 6.45) is 14.1. The fourth-order valence-electron chi connectivity index (χ4n) is 4.06. The van der Waals surface area contributed by atoms with Crippen molar-refractivity contribution in [2.45, 2.75) is 76.8 Å². The predicted molar refractivity (Wildman–Crippen MR) is 69.6 cm³/mol. The smallest absolute Gasteiger partial charge is 0.105 e. The van der Waals surface area contributed by atoms with Gasteiger partial charge in [-0.3, -0.25) is 0 Å². The molecule has 0 unspecified atom stereocenters. The quantitative estimate of drug-likeness (QED) is 0.575. The van der Waals surface area contributed by atoms with Crippen LogP contribution >= 0.6 is 0 Å². The van der Waals surface area contributed by atoms with Gasteiger partial charge >= 0.3 is 0 Å². The van der Waals surface area contributed by atoms with Crippen molar-refractivity contribution in [2.75, 3.05) is 0 Å². The van der Waals surface area contributed by atoms with Crippen molar-refractivity contribution in [3.05, 3.63) is 11.5 Å². The number of rotatable bonds is 3. The minimum atomic E-state index is 0.984. The molecule has 2 rings (SSSR count). The van der Waals surface area contributed by atoms with Gasteiger partial charge in [0.2, 0.25) is 0 Å². The Morgan fingerprint density at radius 1 is 1.07 bits per heavy atom. The summed E-state index contributed by atoms with van der Waals surface area (Å²) in [7, 11) is 0. The second kappa shape index (κ2) is 5.23. The lowest BCUT2D eigenvalue weighted by Gasteiger charge is -2.41. The molecule has 2 heterocycles. The third-order valence-corrected chi connectivity index (χ3v) is 4.62. The maximum Gasteiger partial charge on any atom is 0.176 e. The van der Waals surface area contributed by atoms with Crippen LogP contribution in [0.15, 0.2) is 11.5 Å². The molecule has 0 aromatic carbocycles. The normalized spacial score (nSPS) is 31.9. The van der Waals surface area contributed by atoms with Crippen LogP contribution in [0.2, 0.25) is 11.6 Å². The third kappa shape index (κ3) is 2.32. The second-order valence-electron chi connectivity index (χ2n) is 5.45. The average Bonchev–Trinajstić information content (AvgIpc) is 2.25. The summed E-state index contributed by atoms with van der Waals surface area (Å²) in [5.74, 6) is 2.10. The summed E-state index contributed by atoms with van der Waals surface area (Å²) in [5, 5.41) is 0. The van der Waals surface area contributed by atoms with Crippen LogP contribution in [-0.4, -0.2) is 6.71 Å². The minimum Gasteiger partial charge on any atom is -0.105 e. The van der Waals surface area contributed by atoms with E-state index in [1.165, 1.54) is 51.4 Å². The monoisotopic (exact) mass is 204 g/mol. The number of allylic oxidation sites excluding steroid dienone is 2. The standard InChI is InChI=1S/C14H25B/c1-3-7-12(4-2)15-13-8-5-9-14(15)11-6-10-13/h7,13-14H,3-6,8-11H2,1-2H3/b12-7-. The maximum absolute atomic E-state index is 2.53. The molecule has 0 nitrogen and oxygen atoms in total. The van der Waals surface area contributed by atoms with Gasteiger partial charge in [-0.15, -0.1) is 5.47 Å². The molecule has 0 aromatic heterocycles. The van der Waals surface area contributed by atoms with E-state index in [1.54, 1.807) is 5.47 Å². The van der Waals surface area contributed by atoms with Crippen LogP contribution in [0.25, 0.3) is 0 Å². The van der Waals surface area contributed by atoms with E-state index in [0.29, 0.717) is 0 Å². The van der Waals surface area contributed by atoms with E-state index < -0.39 is 0 Å². The van der Waals surface area contributed by atoms with Gasteiger partial charge in [0.25, 0.3) is 0 Å². The van der Waals surface area contributed by atoms with Crippen LogP contribution in [0.3, 0.4) is 0 Å². The van der Waals surface area contributed by atoms with E-state index in [4.69, 9.17) is 0 Å². The first-order valence-electron chi connectivity index (χ1n) is 7.05. The van der Waals surface area contributed by atoms with E-state index in [2.05, 4.69) is 19.9 Å². The molecule has 0 N–H and O–H groups in total. The van der Waals surface area contributed by atoms with Gasteiger partial charge in [0.1, 0.15) is 0 Å². The SMILES string of the molecule is CC/C=C(/CC)B1C2CCCC1CCC2. The minimum absolute atomic E-state index is 0.984. The lowest BCUT2D eigenvalue weighted by Crippen LogP contribution is -2.36. The summed E-state index contributed by atoms with van der Waals surface area (Å²) in [4.78, 5) is 0. The van der Waals surface area contributed by atoms with Crippen molar-refractivity contribution in [3.8, 4) is 0 Å². The Labute approximate surface area is 95.6 Å². The van der Waals surface area contributed by atoms with Crippen molar-refractivity contribution >= 4 is 6.71 Å². The molecule has 0 spiro atoms. The Kier molecular flexibility index (Phi) is 3.94. The molecule has 0 amide bonds. The molecule has 0 saturated carbocycles. The first kappa shape index (κ1) is 11.3. The highest BCUT2D eigenvalue weighted by Crippen LogP contribution is 2.49. The molecule has 84 valence electrons. The van der Waals surface area contributed by atoms with Crippen LogP contribution < -0.4 is 0 Å². The van der Waals surface area contributed by atoms with Gasteiger partial charge in [-0.25, -0.2) is 0 Å². The molecule has 2 aliphatic heterocycles. The van der Waals surface area contributed by atoms with Crippen molar-refractivity contribution in [3.63, 3.8) is 0 Å². The summed E-state index contributed by atoms with van der Waals surface area (Å²) in [6.45, 7) is 5.62. The van der Waals surface area contributed by atoms with Crippen molar-refractivity contribution in [1.29, 1.82) is 0 Å².